The summed E-state index contributed by atoms with van der Waals surface area (Å²) in [6, 6.07) is 5.19. The van der Waals surface area contributed by atoms with Crippen molar-refractivity contribution < 1.29 is 4.39 Å². The first-order chi connectivity index (χ1) is 9.20. The van der Waals surface area contributed by atoms with E-state index in [1.54, 1.807) is 24.5 Å². The van der Waals surface area contributed by atoms with Crippen molar-refractivity contribution in [1.29, 1.82) is 0 Å². The summed E-state index contributed by atoms with van der Waals surface area (Å²) in [5.74, 6) is -0.179. The molecular weight excluding hydrogens is 261 g/mol. The van der Waals surface area contributed by atoms with E-state index in [1.807, 2.05) is 22.7 Å². The topological polar surface area (TPSA) is 43.3 Å². The quantitative estimate of drug-likeness (QED) is 0.798. The number of thiazole rings is 1. The smallest absolute Gasteiger partial charge is 0.194 e. The first kappa shape index (κ1) is 12.3. The molecule has 3 nitrogen and oxygen atoms in total. The number of nitrogens with two attached hydrogens (primary N) is 1. The number of benzene rings is 1. The van der Waals surface area contributed by atoms with Gasteiger partial charge in [0.15, 0.2) is 4.96 Å². The summed E-state index contributed by atoms with van der Waals surface area (Å²) in [5.41, 5.74) is 8.40. The van der Waals surface area contributed by atoms with Crippen molar-refractivity contribution in [3.63, 3.8) is 0 Å². The number of imidazole rings is 1. The lowest BCUT2D eigenvalue weighted by Gasteiger charge is -2.06. The first-order valence-electron chi connectivity index (χ1n) is 6.12. The van der Waals surface area contributed by atoms with E-state index in [4.69, 9.17) is 5.73 Å². The molecule has 0 aliphatic heterocycles. The van der Waals surface area contributed by atoms with Gasteiger partial charge in [-0.25, -0.2) is 9.37 Å². The second-order valence-electron chi connectivity index (χ2n) is 4.46. The van der Waals surface area contributed by atoms with Crippen molar-refractivity contribution in [1.82, 2.24) is 9.38 Å². The standard InChI is InChI=1S/C14H14FN3S/c1-9-8-10(2-3-11(9)15)13-12(4-5-16)19-14-17-6-7-18(13)14/h2-3,6-8H,4-5,16H2,1H3. The summed E-state index contributed by atoms with van der Waals surface area (Å²) in [5, 5.41) is 0. The predicted octanol–water partition coefficient (Wildman–Crippen LogP) is 3.01. The van der Waals surface area contributed by atoms with Crippen LogP contribution in [0.2, 0.25) is 0 Å². The lowest BCUT2D eigenvalue weighted by atomic mass is 10.1. The molecule has 0 radical (unpaired) electrons. The Morgan fingerprint density at radius 2 is 2.26 bits per heavy atom. The van der Waals surface area contributed by atoms with Crippen molar-refractivity contribution in [2.75, 3.05) is 6.54 Å². The Morgan fingerprint density at radius 3 is 3.00 bits per heavy atom. The van der Waals surface area contributed by atoms with Gasteiger partial charge in [-0.2, -0.15) is 0 Å². The maximum Gasteiger partial charge on any atom is 0.194 e. The van der Waals surface area contributed by atoms with Crippen LogP contribution in [-0.4, -0.2) is 15.9 Å². The van der Waals surface area contributed by atoms with E-state index in [0.717, 1.165) is 22.6 Å². The maximum absolute atomic E-state index is 13.4. The molecule has 0 saturated carbocycles. The number of halogens is 1. The minimum Gasteiger partial charge on any atom is -0.330 e. The molecule has 0 unspecified atom stereocenters. The summed E-state index contributed by atoms with van der Waals surface area (Å²) >= 11 is 1.64. The zero-order chi connectivity index (χ0) is 13.4. The Balaban J connectivity index is 2.23. The molecule has 0 aliphatic carbocycles. The monoisotopic (exact) mass is 275 g/mol. The molecule has 0 fully saturated rings. The first-order valence-corrected chi connectivity index (χ1v) is 6.93. The number of rotatable bonds is 3. The molecule has 0 atom stereocenters. The van der Waals surface area contributed by atoms with Crippen molar-refractivity contribution in [2.24, 2.45) is 5.73 Å². The third-order valence-corrected chi connectivity index (χ3v) is 4.26. The van der Waals surface area contributed by atoms with Gasteiger partial charge in [-0.05, 0) is 43.7 Å². The zero-order valence-electron chi connectivity index (χ0n) is 10.6. The van der Waals surface area contributed by atoms with Crippen LogP contribution in [-0.2, 0) is 6.42 Å². The van der Waals surface area contributed by atoms with E-state index in [0.29, 0.717) is 12.1 Å². The van der Waals surface area contributed by atoms with Gasteiger partial charge in [-0.3, -0.25) is 4.40 Å². The third kappa shape index (κ3) is 2.05. The Morgan fingerprint density at radius 1 is 1.42 bits per heavy atom. The van der Waals surface area contributed by atoms with Gasteiger partial charge in [0.05, 0.1) is 5.69 Å². The normalized spacial score (nSPS) is 11.3. The molecular formula is C14H14FN3S. The fraction of sp³-hybridized carbons (Fsp3) is 0.214. The molecule has 1 aromatic carbocycles. The molecule has 2 N–H and O–H groups in total. The van der Waals surface area contributed by atoms with E-state index in [2.05, 4.69) is 4.98 Å². The van der Waals surface area contributed by atoms with E-state index >= 15 is 0 Å². The molecule has 0 aliphatic rings. The van der Waals surface area contributed by atoms with Crippen molar-refractivity contribution in [3.8, 4) is 11.3 Å². The molecule has 2 heterocycles. The summed E-state index contributed by atoms with van der Waals surface area (Å²) in [4.78, 5) is 6.45. The van der Waals surface area contributed by atoms with Gasteiger partial charge in [0.1, 0.15) is 5.82 Å². The van der Waals surface area contributed by atoms with Crippen molar-refractivity contribution >= 4 is 16.3 Å². The minimum atomic E-state index is -0.179. The van der Waals surface area contributed by atoms with Gasteiger partial charge in [-0.15, -0.1) is 11.3 Å². The second kappa shape index (κ2) is 4.75. The molecule has 0 saturated heterocycles. The van der Waals surface area contributed by atoms with Crippen LogP contribution in [0, 0.1) is 12.7 Å². The molecule has 0 amide bonds. The highest BCUT2D eigenvalue weighted by Crippen LogP contribution is 2.32. The lowest BCUT2D eigenvalue weighted by Crippen LogP contribution is -2.03. The fourth-order valence-electron chi connectivity index (χ4n) is 2.22. The number of aromatic nitrogens is 2. The van der Waals surface area contributed by atoms with Crippen LogP contribution in [0.4, 0.5) is 4.39 Å². The highest BCUT2D eigenvalue weighted by Gasteiger charge is 2.14. The van der Waals surface area contributed by atoms with Crippen LogP contribution in [0.25, 0.3) is 16.2 Å². The number of aryl methyl sites for hydroxylation is 1. The van der Waals surface area contributed by atoms with Crippen LogP contribution in [0.1, 0.15) is 10.4 Å². The summed E-state index contributed by atoms with van der Waals surface area (Å²) in [6.45, 7) is 2.37. The third-order valence-electron chi connectivity index (χ3n) is 3.13. The van der Waals surface area contributed by atoms with Crippen LogP contribution in [0.3, 0.4) is 0 Å². The molecule has 5 heteroatoms. The SMILES string of the molecule is Cc1cc(-c2c(CCN)sc3nccn23)ccc1F. The molecule has 98 valence electrons. The van der Waals surface area contributed by atoms with Crippen molar-refractivity contribution in [2.45, 2.75) is 13.3 Å². The van der Waals surface area contributed by atoms with Gasteiger partial charge < -0.3 is 5.73 Å². The zero-order valence-corrected chi connectivity index (χ0v) is 11.4. The van der Waals surface area contributed by atoms with E-state index in [1.165, 1.54) is 10.9 Å². The number of hydrogen-bond acceptors (Lipinski definition) is 3. The maximum atomic E-state index is 13.4. The second-order valence-corrected chi connectivity index (χ2v) is 5.52. The predicted molar refractivity (Wildman–Crippen MR) is 76.0 cm³/mol. The van der Waals surface area contributed by atoms with E-state index in [9.17, 15) is 4.39 Å². The summed E-state index contributed by atoms with van der Waals surface area (Å²) < 4.78 is 15.5. The average molecular weight is 275 g/mol. The Kier molecular flexibility index (Phi) is 3.08. The molecule has 0 spiro atoms. The van der Waals surface area contributed by atoms with Gasteiger partial charge in [0, 0.05) is 22.8 Å². The molecule has 3 aromatic rings. The van der Waals surface area contributed by atoms with Crippen LogP contribution >= 0.6 is 11.3 Å². The van der Waals surface area contributed by atoms with Gasteiger partial charge in [0.25, 0.3) is 0 Å². The highest BCUT2D eigenvalue weighted by atomic mass is 32.1. The lowest BCUT2D eigenvalue weighted by molar-refractivity contribution is 0.618. The van der Waals surface area contributed by atoms with Gasteiger partial charge >= 0.3 is 0 Å². The van der Waals surface area contributed by atoms with E-state index in [-0.39, 0.29) is 5.82 Å². The van der Waals surface area contributed by atoms with Crippen LogP contribution in [0.15, 0.2) is 30.6 Å². The summed E-state index contributed by atoms with van der Waals surface area (Å²) in [6.07, 6.45) is 4.51. The average Bonchev–Trinajstić information content (AvgIpc) is 2.93. The molecule has 0 bridgehead atoms. The van der Waals surface area contributed by atoms with Crippen molar-refractivity contribution in [3.05, 3.63) is 46.9 Å². The minimum absolute atomic E-state index is 0.179. The Labute approximate surface area is 114 Å². The number of fused-ring (bicyclic) bond motifs is 1. The summed E-state index contributed by atoms with van der Waals surface area (Å²) in [7, 11) is 0. The number of hydrogen-bond donors (Lipinski definition) is 1. The van der Waals surface area contributed by atoms with Crippen LogP contribution in [0.5, 0.6) is 0 Å². The molecule has 3 rings (SSSR count). The van der Waals surface area contributed by atoms with Gasteiger partial charge in [0.2, 0.25) is 0 Å². The Bertz CT molecular complexity index is 729. The number of nitrogens with zero attached hydrogens (tertiary/aromatic N) is 2. The van der Waals surface area contributed by atoms with E-state index < -0.39 is 0 Å². The van der Waals surface area contributed by atoms with Crippen LogP contribution < -0.4 is 5.73 Å². The fourth-order valence-corrected chi connectivity index (χ4v) is 3.34. The largest absolute Gasteiger partial charge is 0.330 e. The highest BCUT2D eigenvalue weighted by molar-refractivity contribution is 7.17. The molecule has 2 aromatic heterocycles. The molecule has 19 heavy (non-hydrogen) atoms. The Hall–Kier alpha value is -1.72. The van der Waals surface area contributed by atoms with Gasteiger partial charge in [-0.1, -0.05) is 0 Å².